The molecule has 2 rings (SSSR count). The van der Waals surface area contributed by atoms with Gasteiger partial charge in [-0.3, -0.25) is 4.79 Å². The number of phenols is 1. The van der Waals surface area contributed by atoms with Crippen LogP contribution < -0.4 is 10.1 Å². The Bertz CT molecular complexity index is 450. The molecule has 1 aromatic rings. The van der Waals surface area contributed by atoms with Gasteiger partial charge in [0.25, 0.3) is 0 Å². The summed E-state index contributed by atoms with van der Waals surface area (Å²) < 4.78 is 5.04. The monoisotopic (exact) mass is 286 g/mol. The summed E-state index contributed by atoms with van der Waals surface area (Å²) >= 11 is 0. The molecule has 0 spiro atoms. The van der Waals surface area contributed by atoms with Gasteiger partial charge in [-0.05, 0) is 17.7 Å². The first-order chi connectivity index (χ1) is 8.61. The summed E-state index contributed by atoms with van der Waals surface area (Å²) in [5.41, 5.74) is 0.938. The number of benzene rings is 1. The molecule has 19 heavy (non-hydrogen) atoms. The zero-order valence-corrected chi connectivity index (χ0v) is 11.9. The third kappa shape index (κ3) is 3.52. The summed E-state index contributed by atoms with van der Waals surface area (Å²) in [6.07, 6.45) is 0. The molecule has 1 amide bonds. The number of carbonyl (C=O) groups is 1. The molecule has 1 aliphatic rings. The Morgan fingerprint density at radius 1 is 1.53 bits per heavy atom. The summed E-state index contributed by atoms with van der Waals surface area (Å²) in [5.74, 6) is 0.798. The zero-order valence-electron chi connectivity index (χ0n) is 11.0. The van der Waals surface area contributed by atoms with Gasteiger partial charge in [-0.25, -0.2) is 0 Å². The number of halogens is 1. The molecule has 1 fully saturated rings. The van der Waals surface area contributed by atoms with E-state index in [1.54, 1.807) is 30.1 Å². The van der Waals surface area contributed by atoms with Crippen LogP contribution in [0, 0.1) is 5.92 Å². The number of nitrogens with zero attached hydrogens (tertiary/aromatic N) is 1. The molecule has 106 valence electrons. The van der Waals surface area contributed by atoms with Crippen molar-refractivity contribution >= 4 is 18.3 Å². The minimum absolute atomic E-state index is 0. The number of phenolic OH excluding ortho intramolecular Hbond substituents is 1. The SMILES string of the molecule is COc1cc(CN(C)C(=O)C2CNC2)ccc1O.Cl. The molecular weight excluding hydrogens is 268 g/mol. The van der Waals surface area contributed by atoms with Gasteiger partial charge in [0.1, 0.15) is 0 Å². The minimum atomic E-state index is 0. The zero-order chi connectivity index (χ0) is 13.1. The topological polar surface area (TPSA) is 61.8 Å². The van der Waals surface area contributed by atoms with Gasteiger partial charge in [0.2, 0.25) is 5.91 Å². The molecule has 2 N–H and O–H groups in total. The van der Waals surface area contributed by atoms with E-state index in [1.165, 1.54) is 7.11 Å². The standard InChI is InChI=1S/C13H18N2O3.ClH/c1-15(13(17)10-6-14-7-10)8-9-3-4-11(16)12(5-9)18-2;/h3-5,10,14,16H,6-8H2,1-2H3;1H. The molecule has 0 bridgehead atoms. The van der Waals surface area contributed by atoms with E-state index in [1.807, 2.05) is 0 Å². The Morgan fingerprint density at radius 3 is 2.74 bits per heavy atom. The van der Waals surface area contributed by atoms with Gasteiger partial charge in [0.15, 0.2) is 11.5 Å². The molecule has 1 aromatic carbocycles. The predicted octanol–water partition coefficient (Wildman–Crippen LogP) is 1.00. The molecular formula is C13H19ClN2O3. The fourth-order valence-corrected chi connectivity index (χ4v) is 1.95. The van der Waals surface area contributed by atoms with Crippen LogP contribution in [0.5, 0.6) is 11.5 Å². The first-order valence-corrected chi connectivity index (χ1v) is 5.93. The quantitative estimate of drug-likeness (QED) is 0.867. The molecule has 0 saturated carbocycles. The maximum atomic E-state index is 12.0. The van der Waals surface area contributed by atoms with E-state index in [0.29, 0.717) is 12.3 Å². The highest BCUT2D eigenvalue weighted by molar-refractivity contribution is 5.85. The Kier molecular flexibility index (Phi) is 5.44. The Hall–Kier alpha value is -1.46. The average Bonchev–Trinajstić information content (AvgIpc) is 2.29. The first-order valence-electron chi connectivity index (χ1n) is 5.93. The van der Waals surface area contributed by atoms with Crippen LogP contribution in [0.15, 0.2) is 18.2 Å². The van der Waals surface area contributed by atoms with Crippen molar-refractivity contribution in [3.8, 4) is 11.5 Å². The molecule has 1 saturated heterocycles. The van der Waals surface area contributed by atoms with Crippen molar-refractivity contribution in [1.29, 1.82) is 0 Å². The van der Waals surface area contributed by atoms with Gasteiger partial charge >= 0.3 is 0 Å². The molecule has 0 unspecified atom stereocenters. The van der Waals surface area contributed by atoms with Crippen LogP contribution >= 0.6 is 12.4 Å². The minimum Gasteiger partial charge on any atom is -0.504 e. The summed E-state index contributed by atoms with van der Waals surface area (Å²) in [7, 11) is 3.30. The normalized spacial score (nSPS) is 14.2. The van der Waals surface area contributed by atoms with Crippen LogP contribution in [0.25, 0.3) is 0 Å². The van der Waals surface area contributed by atoms with Crippen molar-refractivity contribution in [1.82, 2.24) is 10.2 Å². The Labute approximate surface area is 119 Å². The van der Waals surface area contributed by atoms with Crippen LogP contribution in [0.2, 0.25) is 0 Å². The van der Waals surface area contributed by atoms with Gasteiger partial charge in [0, 0.05) is 26.7 Å². The van der Waals surface area contributed by atoms with Crippen molar-refractivity contribution in [3.05, 3.63) is 23.8 Å². The van der Waals surface area contributed by atoms with Gasteiger partial charge in [-0.2, -0.15) is 0 Å². The van der Waals surface area contributed by atoms with Crippen molar-refractivity contribution in [2.45, 2.75) is 6.54 Å². The van der Waals surface area contributed by atoms with Crippen molar-refractivity contribution < 1.29 is 14.6 Å². The number of rotatable bonds is 4. The highest BCUT2D eigenvalue weighted by Gasteiger charge is 2.27. The van der Waals surface area contributed by atoms with E-state index in [-0.39, 0.29) is 30.0 Å². The molecule has 0 atom stereocenters. The summed E-state index contributed by atoms with van der Waals surface area (Å²) in [6, 6.07) is 5.12. The van der Waals surface area contributed by atoms with E-state index in [9.17, 15) is 9.90 Å². The molecule has 0 aliphatic carbocycles. The lowest BCUT2D eigenvalue weighted by Gasteiger charge is -2.30. The molecule has 1 aliphatic heterocycles. The number of nitrogens with one attached hydrogen (secondary N) is 1. The summed E-state index contributed by atoms with van der Waals surface area (Å²) in [5, 5.41) is 12.6. The fourth-order valence-electron chi connectivity index (χ4n) is 1.95. The number of hydrogen-bond donors (Lipinski definition) is 2. The molecule has 6 heteroatoms. The van der Waals surface area contributed by atoms with E-state index < -0.39 is 0 Å². The smallest absolute Gasteiger partial charge is 0.228 e. The second-order valence-electron chi connectivity index (χ2n) is 4.56. The lowest BCUT2D eigenvalue weighted by Crippen LogP contribution is -2.50. The van der Waals surface area contributed by atoms with Crippen LogP contribution in [0.1, 0.15) is 5.56 Å². The van der Waals surface area contributed by atoms with Crippen molar-refractivity contribution in [2.75, 3.05) is 27.2 Å². The van der Waals surface area contributed by atoms with Crippen LogP contribution in [0.4, 0.5) is 0 Å². The number of hydrogen-bond acceptors (Lipinski definition) is 4. The second kappa shape index (κ2) is 6.63. The van der Waals surface area contributed by atoms with Gasteiger partial charge in [0.05, 0.1) is 13.0 Å². The van der Waals surface area contributed by atoms with E-state index in [2.05, 4.69) is 5.32 Å². The van der Waals surface area contributed by atoms with Crippen LogP contribution in [-0.2, 0) is 11.3 Å². The molecule has 0 aromatic heterocycles. The predicted molar refractivity (Wildman–Crippen MR) is 74.7 cm³/mol. The summed E-state index contributed by atoms with van der Waals surface area (Å²) in [4.78, 5) is 13.7. The fraction of sp³-hybridized carbons (Fsp3) is 0.462. The van der Waals surface area contributed by atoms with Crippen molar-refractivity contribution in [2.24, 2.45) is 5.92 Å². The van der Waals surface area contributed by atoms with E-state index >= 15 is 0 Å². The Balaban J connectivity index is 0.00000180. The van der Waals surface area contributed by atoms with Crippen LogP contribution in [-0.4, -0.2) is 43.2 Å². The van der Waals surface area contributed by atoms with Gasteiger partial charge in [-0.15, -0.1) is 12.4 Å². The Morgan fingerprint density at radius 2 is 2.21 bits per heavy atom. The first kappa shape index (κ1) is 15.6. The lowest BCUT2D eigenvalue weighted by atomic mass is 10.0. The lowest BCUT2D eigenvalue weighted by molar-refractivity contribution is -0.136. The number of aromatic hydroxyl groups is 1. The molecule has 0 radical (unpaired) electrons. The van der Waals surface area contributed by atoms with E-state index in [4.69, 9.17) is 4.74 Å². The second-order valence-corrected chi connectivity index (χ2v) is 4.56. The number of carbonyl (C=O) groups excluding carboxylic acids is 1. The highest BCUT2D eigenvalue weighted by Crippen LogP contribution is 2.26. The number of methoxy groups -OCH3 is 1. The average molecular weight is 287 g/mol. The molecule has 5 nitrogen and oxygen atoms in total. The van der Waals surface area contributed by atoms with Crippen molar-refractivity contribution in [3.63, 3.8) is 0 Å². The van der Waals surface area contributed by atoms with E-state index in [0.717, 1.165) is 18.7 Å². The molecule has 1 heterocycles. The summed E-state index contributed by atoms with van der Waals surface area (Å²) in [6.45, 7) is 2.05. The third-order valence-corrected chi connectivity index (χ3v) is 3.17. The third-order valence-electron chi connectivity index (χ3n) is 3.17. The maximum Gasteiger partial charge on any atom is 0.228 e. The van der Waals surface area contributed by atoms with Gasteiger partial charge in [-0.1, -0.05) is 6.07 Å². The van der Waals surface area contributed by atoms with Crippen LogP contribution in [0.3, 0.4) is 0 Å². The largest absolute Gasteiger partial charge is 0.504 e. The van der Waals surface area contributed by atoms with Gasteiger partial charge < -0.3 is 20.1 Å². The highest BCUT2D eigenvalue weighted by atomic mass is 35.5. The number of ether oxygens (including phenoxy) is 1. The maximum absolute atomic E-state index is 12.0. The number of amides is 1.